The molecule has 5 aromatic rings. The van der Waals surface area contributed by atoms with Crippen molar-refractivity contribution in [3.8, 4) is 0 Å². The first kappa shape index (κ1) is 24.7. The number of nitrogens with zero attached hydrogens (tertiary/aromatic N) is 2. The Bertz CT molecular complexity index is 1830. The van der Waals surface area contributed by atoms with Gasteiger partial charge < -0.3 is 9.80 Å². The van der Waals surface area contributed by atoms with Crippen LogP contribution >= 0.6 is 11.8 Å². The molecule has 0 amide bonds. The number of benzene rings is 5. The molecule has 0 radical (unpaired) electrons. The van der Waals surface area contributed by atoms with Crippen LogP contribution in [-0.2, 0) is 5.41 Å². The standard InChI is InChI=1S/C38H33BN2S/c1-37-24-9-10-25-38(37,2)41-31-21-13-23-33-34(31)39(29-19-11-18-28(37)35(29)41)30-20-12-22-32(36(30)42-33)40(26-14-5-3-6-15-26)27-16-7-4-8-17-27/h3-8,11-23H,9-10,24-25H2,1-2H3/t37-,38?/m0/s1. The van der Waals surface area contributed by atoms with Gasteiger partial charge in [0, 0.05) is 38.0 Å². The molecule has 1 fully saturated rings. The van der Waals surface area contributed by atoms with Gasteiger partial charge in [0.05, 0.1) is 11.2 Å². The van der Waals surface area contributed by atoms with Gasteiger partial charge in [0.1, 0.15) is 0 Å². The lowest BCUT2D eigenvalue weighted by Crippen LogP contribution is -2.63. The average Bonchev–Trinajstić information content (AvgIpc) is 3.25. The number of hydrogen-bond donors (Lipinski definition) is 0. The highest BCUT2D eigenvalue weighted by Gasteiger charge is 2.60. The molecule has 0 bridgehead atoms. The van der Waals surface area contributed by atoms with Crippen molar-refractivity contribution < 1.29 is 0 Å². The van der Waals surface area contributed by atoms with Crippen molar-refractivity contribution in [2.75, 3.05) is 9.80 Å². The maximum absolute atomic E-state index is 2.79. The smallest absolute Gasteiger partial charge is 0.249 e. The van der Waals surface area contributed by atoms with Crippen molar-refractivity contribution in [1.29, 1.82) is 0 Å². The highest BCUT2D eigenvalue weighted by Crippen LogP contribution is 2.61. The van der Waals surface area contributed by atoms with Crippen LogP contribution in [0.1, 0.15) is 45.1 Å². The largest absolute Gasteiger partial charge is 0.335 e. The first-order chi connectivity index (χ1) is 20.6. The van der Waals surface area contributed by atoms with Crippen LogP contribution in [0.2, 0.25) is 0 Å². The number of rotatable bonds is 3. The van der Waals surface area contributed by atoms with E-state index >= 15 is 0 Å². The molecule has 0 N–H and O–H groups in total. The molecule has 4 aliphatic rings. The van der Waals surface area contributed by atoms with Crippen LogP contribution in [0.25, 0.3) is 0 Å². The Morgan fingerprint density at radius 3 is 2.12 bits per heavy atom. The van der Waals surface area contributed by atoms with Crippen LogP contribution in [0.5, 0.6) is 0 Å². The quantitative estimate of drug-likeness (QED) is 0.202. The summed E-state index contributed by atoms with van der Waals surface area (Å²) in [7, 11) is 0. The molecule has 3 aliphatic heterocycles. The van der Waals surface area contributed by atoms with Gasteiger partial charge in [-0.15, -0.1) is 0 Å². The van der Waals surface area contributed by atoms with Crippen molar-refractivity contribution in [1.82, 2.24) is 0 Å². The summed E-state index contributed by atoms with van der Waals surface area (Å²) >= 11 is 1.96. The third-order valence-electron chi connectivity index (χ3n) is 10.9. The van der Waals surface area contributed by atoms with Gasteiger partial charge in [0.2, 0.25) is 6.71 Å². The SMILES string of the molecule is CC12CCCC[C@@]1(C)c1cccc3c1N2c1cccc2c1B3c1cccc(N(c3ccccc3)c3ccccc3)c1S2. The molecular formula is C38H33BN2S. The van der Waals surface area contributed by atoms with Gasteiger partial charge in [0.25, 0.3) is 0 Å². The minimum absolute atomic E-state index is 0.0913. The van der Waals surface area contributed by atoms with E-state index < -0.39 is 0 Å². The summed E-state index contributed by atoms with van der Waals surface area (Å²) < 4.78 is 0. The first-order valence-corrected chi connectivity index (χ1v) is 16.2. The lowest BCUT2D eigenvalue weighted by atomic mass is 9.34. The highest BCUT2D eigenvalue weighted by molar-refractivity contribution is 8.00. The Balaban J connectivity index is 1.31. The molecule has 2 nitrogen and oxygen atoms in total. The Kier molecular flexibility index (Phi) is 5.18. The van der Waals surface area contributed by atoms with Crippen molar-refractivity contribution in [2.45, 2.75) is 60.3 Å². The molecule has 0 aromatic heterocycles. The molecule has 1 aliphatic carbocycles. The average molecular weight is 561 g/mol. The predicted octanol–water partition coefficient (Wildman–Crippen LogP) is 8.19. The molecule has 0 saturated heterocycles. The molecule has 204 valence electrons. The summed E-state index contributed by atoms with van der Waals surface area (Å²) in [5.74, 6) is 0. The monoisotopic (exact) mass is 560 g/mol. The van der Waals surface area contributed by atoms with E-state index in [2.05, 4.69) is 139 Å². The maximum Gasteiger partial charge on any atom is 0.249 e. The molecule has 42 heavy (non-hydrogen) atoms. The number of fused-ring (bicyclic) bond motifs is 7. The summed E-state index contributed by atoms with van der Waals surface area (Å²) in [6.07, 6.45) is 5.12. The number of para-hydroxylation sites is 3. The molecule has 0 spiro atoms. The fourth-order valence-corrected chi connectivity index (χ4v) is 10.00. The van der Waals surface area contributed by atoms with Crippen LogP contribution in [0, 0.1) is 0 Å². The van der Waals surface area contributed by atoms with Crippen LogP contribution < -0.4 is 26.2 Å². The van der Waals surface area contributed by atoms with E-state index in [9.17, 15) is 0 Å². The van der Waals surface area contributed by atoms with Gasteiger partial charge in [0.15, 0.2) is 0 Å². The van der Waals surface area contributed by atoms with E-state index in [-0.39, 0.29) is 17.7 Å². The molecule has 2 atom stereocenters. The van der Waals surface area contributed by atoms with E-state index in [1.54, 1.807) is 5.56 Å². The fraction of sp³-hybridized carbons (Fsp3) is 0.211. The lowest BCUT2D eigenvalue weighted by molar-refractivity contribution is 0.195. The van der Waals surface area contributed by atoms with Crippen LogP contribution in [0.15, 0.2) is 125 Å². The molecule has 3 heterocycles. The van der Waals surface area contributed by atoms with Crippen molar-refractivity contribution in [3.63, 3.8) is 0 Å². The van der Waals surface area contributed by atoms with E-state index in [0.29, 0.717) is 0 Å². The second kappa shape index (κ2) is 8.81. The molecule has 9 rings (SSSR count). The van der Waals surface area contributed by atoms with Crippen LogP contribution in [0.3, 0.4) is 0 Å². The number of hydrogen-bond acceptors (Lipinski definition) is 3. The Labute approximate surface area is 253 Å². The van der Waals surface area contributed by atoms with Gasteiger partial charge in [-0.3, -0.25) is 0 Å². The minimum atomic E-state index is 0.0913. The van der Waals surface area contributed by atoms with Crippen molar-refractivity contribution in [2.24, 2.45) is 0 Å². The van der Waals surface area contributed by atoms with Gasteiger partial charge in [-0.2, -0.15) is 0 Å². The van der Waals surface area contributed by atoms with Gasteiger partial charge in [-0.25, -0.2) is 0 Å². The first-order valence-electron chi connectivity index (χ1n) is 15.4. The zero-order valence-corrected chi connectivity index (χ0v) is 25.0. The van der Waals surface area contributed by atoms with Crippen molar-refractivity contribution in [3.05, 3.63) is 121 Å². The van der Waals surface area contributed by atoms with E-state index in [0.717, 1.165) is 0 Å². The third kappa shape index (κ3) is 3.09. The van der Waals surface area contributed by atoms with Gasteiger partial charge >= 0.3 is 0 Å². The second-order valence-corrected chi connectivity index (χ2v) is 13.9. The normalized spacial score (nSPS) is 22.6. The van der Waals surface area contributed by atoms with Gasteiger partial charge in [-0.05, 0) is 78.7 Å². The fourth-order valence-electron chi connectivity index (χ4n) is 8.73. The van der Waals surface area contributed by atoms with Crippen LogP contribution in [0.4, 0.5) is 28.4 Å². The molecular weight excluding hydrogens is 527 g/mol. The zero-order chi connectivity index (χ0) is 28.1. The van der Waals surface area contributed by atoms with Gasteiger partial charge in [-0.1, -0.05) is 110 Å². The molecule has 1 unspecified atom stereocenters. The predicted molar refractivity (Wildman–Crippen MR) is 179 cm³/mol. The summed E-state index contributed by atoms with van der Waals surface area (Å²) in [4.78, 5) is 7.98. The lowest BCUT2D eigenvalue weighted by Gasteiger charge is -2.52. The van der Waals surface area contributed by atoms with Crippen LogP contribution in [-0.4, -0.2) is 12.3 Å². The van der Waals surface area contributed by atoms with E-state index in [4.69, 9.17) is 0 Å². The summed E-state index contributed by atoms with van der Waals surface area (Å²) in [5.41, 5.74) is 12.7. The summed E-state index contributed by atoms with van der Waals surface area (Å²) in [6, 6.07) is 42.9. The second-order valence-electron chi connectivity index (χ2n) is 12.8. The van der Waals surface area contributed by atoms with E-state index in [1.165, 1.54) is 80.3 Å². The zero-order valence-electron chi connectivity index (χ0n) is 24.2. The molecule has 5 aromatic carbocycles. The highest BCUT2D eigenvalue weighted by atomic mass is 32.2. The Morgan fingerprint density at radius 1 is 0.690 bits per heavy atom. The summed E-state index contributed by atoms with van der Waals surface area (Å²) in [6.45, 7) is 5.32. The topological polar surface area (TPSA) is 6.48 Å². The maximum atomic E-state index is 2.79. The van der Waals surface area contributed by atoms with E-state index in [1.807, 2.05) is 11.8 Å². The van der Waals surface area contributed by atoms with Crippen molar-refractivity contribution >= 4 is 63.3 Å². The minimum Gasteiger partial charge on any atom is -0.335 e. The Hall–Kier alpha value is -3.89. The Morgan fingerprint density at radius 2 is 1.36 bits per heavy atom. The summed E-state index contributed by atoms with van der Waals surface area (Å²) in [5, 5.41) is 0. The molecule has 4 heteroatoms. The molecule has 1 saturated carbocycles. The third-order valence-corrected chi connectivity index (χ3v) is 12.1. The number of anilines is 5.